The molecule has 0 amide bonds. The number of hydrogen-bond donors (Lipinski definition) is 1. The molecule has 5 heteroatoms. The summed E-state index contributed by atoms with van der Waals surface area (Å²) in [5.41, 5.74) is 3.07. The molecule has 2 aromatic rings. The molecule has 2 heterocycles. The second-order valence-electron chi connectivity index (χ2n) is 5.92. The Labute approximate surface area is 163 Å². The molecule has 0 atom stereocenters. The molecule has 0 saturated heterocycles. The topological polar surface area (TPSA) is 34.0 Å². The van der Waals surface area contributed by atoms with Crippen molar-refractivity contribution in [2.75, 3.05) is 6.54 Å². The monoisotopic (exact) mass is 467 g/mol. The molecule has 1 aromatic carbocycles. The molecule has 0 fully saturated rings. The number of allylic oxidation sites excluding steroid dienone is 2. The number of rotatable bonds is 6. The Bertz CT molecular complexity index is 912. The molecule has 3 rings (SSSR count). The summed E-state index contributed by atoms with van der Waals surface area (Å²) in [5, 5.41) is 5.13. The number of aromatic nitrogens is 1. The fourth-order valence-electron chi connectivity index (χ4n) is 2.83. The van der Waals surface area contributed by atoms with E-state index in [-0.39, 0.29) is 26.8 Å². The Morgan fingerprint density at radius 3 is 2.92 bits per heavy atom. The van der Waals surface area contributed by atoms with Gasteiger partial charge in [-0.1, -0.05) is 0 Å². The fourth-order valence-corrected chi connectivity index (χ4v) is 4.58. The average molecular weight is 468 g/mol. The van der Waals surface area contributed by atoms with Crippen LogP contribution in [-0.2, 0) is 13.1 Å². The molecule has 1 aliphatic rings. The number of benzene rings is 1. The molecular weight excluding hydrogens is 447 g/mol. The fraction of sp³-hybridized carbons (Fsp3) is 0.250. The molecule has 132 valence electrons. The second kappa shape index (κ2) is 8.83. The van der Waals surface area contributed by atoms with Crippen LogP contribution in [0.3, 0.4) is 0 Å². The van der Waals surface area contributed by atoms with Crippen LogP contribution >= 0.6 is 11.6 Å². The van der Waals surface area contributed by atoms with Crippen LogP contribution in [0.5, 0.6) is 0 Å². The van der Waals surface area contributed by atoms with Gasteiger partial charge in [0.2, 0.25) is 0 Å². The molecule has 1 aliphatic heterocycles. The summed E-state index contributed by atoms with van der Waals surface area (Å²) in [7, 11) is 0. The molecule has 0 saturated carbocycles. The number of nitrogens with one attached hydrogen (secondary N) is 1. The first kappa shape index (κ1) is 18.4. The third-order valence-corrected chi connectivity index (χ3v) is 6.22. The number of fused-ring (bicyclic) bond motifs is 1. The van der Waals surface area contributed by atoms with Crippen molar-refractivity contribution < 1.29 is 21.2 Å². The van der Waals surface area contributed by atoms with Crippen molar-refractivity contribution in [1.29, 1.82) is 0 Å². The third-order valence-electron chi connectivity index (χ3n) is 3.99. The normalized spacial score (nSPS) is 14.2. The molecule has 3 nitrogen and oxygen atoms in total. The molecule has 25 heavy (non-hydrogen) atoms. The summed E-state index contributed by atoms with van der Waals surface area (Å²) in [5.74, 6) is 0. The first-order valence-electron chi connectivity index (χ1n) is 8.36. The van der Waals surface area contributed by atoms with Crippen LogP contribution in [0, 0.1) is 0 Å². The van der Waals surface area contributed by atoms with Crippen LogP contribution in [0.1, 0.15) is 18.9 Å². The zero-order valence-corrected chi connectivity index (χ0v) is 17.0. The van der Waals surface area contributed by atoms with Crippen molar-refractivity contribution in [3.8, 4) is 0 Å². The Morgan fingerprint density at radius 2 is 2.08 bits per heavy atom. The Balaban J connectivity index is 1.83. The van der Waals surface area contributed by atoms with Gasteiger partial charge in [0.05, 0.1) is 0 Å². The van der Waals surface area contributed by atoms with E-state index in [1.54, 1.807) is 0 Å². The van der Waals surface area contributed by atoms with Gasteiger partial charge in [0.1, 0.15) is 0 Å². The van der Waals surface area contributed by atoms with Gasteiger partial charge in [0.25, 0.3) is 0 Å². The van der Waals surface area contributed by atoms with Crippen LogP contribution < -0.4 is 32.1 Å². The van der Waals surface area contributed by atoms with Crippen molar-refractivity contribution in [2.24, 2.45) is 0 Å². The maximum atomic E-state index is 12.9. The molecule has 0 unspecified atom stereocenters. The molecule has 0 bridgehead atoms. The van der Waals surface area contributed by atoms with E-state index in [0.717, 1.165) is 29.4 Å². The van der Waals surface area contributed by atoms with Crippen LogP contribution in [-0.4, -0.2) is 11.1 Å². The number of nitrogens with zero attached hydrogens (tertiary/aromatic N) is 1. The summed E-state index contributed by atoms with van der Waals surface area (Å²) < 4.78 is 6.39. The predicted octanol–water partition coefficient (Wildman–Crippen LogP) is 1.21. The number of aryl methyl sites for hydroxylation is 1. The first-order valence-corrected chi connectivity index (χ1v) is 11.2. The Hall–Kier alpha value is -1.37. The molecule has 1 aromatic heterocycles. The number of hydrogen-bond acceptors (Lipinski definition) is 2. The first-order chi connectivity index (χ1) is 12.2. The zero-order chi connectivity index (χ0) is 17.6. The third kappa shape index (κ3) is 4.63. The SMILES string of the molecule is CCCn1c(=O)c(CNCC2=C[I-]C=CC=C2)cc2ccc(Cl)cc21. The van der Waals surface area contributed by atoms with E-state index in [1.165, 1.54) is 5.57 Å². The standard InChI is InChI=1S/C20H21ClIN2O/c1-2-9-24-19-11-18(21)7-6-16(19)10-17(20(24)25)14-23-13-15-5-3-4-8-22-12-15/h3-8,10-12,23H,2,9,13-14H2,1H3/q-1. The summed E-state index contributed by atoms with van der Waals surface area (Å²) in [6.45, 7) is 4.13. The van der Waals surface area contributed by atoms with E-state index in [0.29, 0.717) is 18.1 Å². The van der Waals surface area contributed by atoms with Gasteiger partial charge in [-0.25, -0.2) is 0 Å². The van der Waals surface area contributed by atoms with Crippen LogP contribution in [0.2, 0.25) is 5.02 Å². The quantitative estimate of drug-likeness (QED) is 0.648. The van der Waals surface area contributed by atoms with E-state index in [2.05, 4.69) is 38.6 Å². The van der Waals surface area contributed by atoms with E-state index >= 15 is 0 Å². The van der Waals surface area contributed by atoms with E-state index in [4.69, 9.17) is 11.6 Å². The van der Waals surface area contributed by atoms with E-state index < -0.39 is 0 Å². The summed E-state index contributed by atoms with van der Waals surface area (Å²) in [4.78, 5) is 12.9. The average Bonchev–Trinajstić information content (AvgIpc) is 2.87. The van der Waals surface area contributed by atoms with Crippen LogP contribution in [0.25, 0.3) is 10.9 Å². The van der Waals surface area contributed by atoms with Crippen molar-refractivity contribution in [3.63, 3.8) is 0 Å². The molecule has 0 radical (unpaired) electrons. The Kier molecular flexibility index (Phi) is 6.51. The summed E-state index contributed by atoms with van der Waals surface area (Å²) >= 11 is 6.13. The van der Waals surface area contributed by atoms with Gasteiger partial charge in [-0.2, -0.15) is 0 Å². The van der Waals surface area contributed by atoms with Gasteiger partial charge in [-0.3, -0.25) is 0 Å². The minimum atomic E-state index is 0.00652. The Morgan fingerprint density at radius 1 is 1.20 bits per heavy atom. The molecule has 1 N–H and O–H groups in total. The van der Waals surface area contributed by atoms with Gasteiger partial charge in [-0.05, 0) is 0 Å². The second-order valence-corrected chi connectivity index (χ2v) is 8.42. The van der Waals surface area contributed by atoms with Gasteiger partial charge in [-0.15, -0.1) is 0 Å². The van der Waals surface area contributed by atoms with Crippen molar-refractivity contribution in [3.05, 3.63) is 77.2 Å². The van der Waals surface area contributed by atoms with E-state index in [9.17, 15) is 4.79 Å². The van der Waals surface area contributed by atoms with Crippen LogP contribution in [0.4, 0.5) is 0 Å². The van der Waals surface area contributed by atoms with E-state index in [1.807, 2.05) is 28.8 Å². The predicted molar refractivity (Wildman–Crippen MR) is 102 cm³/mol. The van der Waals surface area contributed by atoms with Gasteiger partial charge in [0.15, 0.2) is 0 Å². The van der Waals surface area contributed by atoms with Crippen molar-refractivity contribution in [1.82, 2.24) is 9.88 Å². The molecular formula is C20H21ClIN2O-. The van der Waals surface area contributed by atoms with Gasteiger partial charge < -0.3 is 0 Å². The number of halogens is 2. The number of pyridine rings is 1. The molecule has 0 aliphatic carbocycles. The minimum absolute atomic E-state index is 0.00652. The van der Waals surface area contributed by atoms with Crippen molar-refractivity contribution >= 4 is 22.5 Å². The zero-order valence-electron chi connectivity index (χ0n) is 14.1. The van der Waals surface area contributed by atoms with Gasteiger partial charge in [0, 0.05) is 0 Å². The van der Waals surface area contributed by atoms with Gasteiger partial charge >= 0.3 is 164 Å². The van der Waals surface area contributed by atoms with Crippen LogP contribution in [0.15, 0.2) is 61.0 Å². The maximum absolute atomic E-state index is 12.9. The summed E-state index contributed by atoms with van der Waals surface area (Å²) in [6.07, 6.45) is 7.23. The summed E-state index contributed by atoms with van der Waals surface area (Å²) in [6, 6.07) is 7.72. The molecule has 0 spiro atoms. The van der Waals surface area contributed by atoms with Crippen molar-refractivity contribution in [2.45, 2.75) is 26.4 Å².